The predicted octanol–water partition coefficient (Wildman–Crippen LogP) is -0.537. The fourth-order valence-electron chi connectivity index (χ4n) is 2.79. The summed E-state index contributed by atoms with van der Waals surface area (Å²) in [6, 6.07) is 6.20. The van der Waals surface area contributed by atoms with Crippen LogP contribution in [0.1, 0.15) is 18.9 Å². The number of methoxy groups -OCH3 is 1. The van der Waals surface area contributed by atoms with E-state index in [4.69, 9.17) is 14.2 Å². The number of hydrogen-bond acceptors (Lipinski definition) is 3. The van der Waals surface area contributed by atoms with Crippen LogP contribution in [0.3, 0.4) is 0 Å². The van der Waals surface area contributed by atoms with Gasteiger partial charge < -0.3 is 24.4 Å². The van der Waals surface area contributed by atoms with E-state index in [0.29, 0.717) is 6.61 Å². The highest BCUT2D eigenvalue weighted by molar-refractivity contribution is 5.42. The molecule has 3 N–H and O–H groups in total. The first-order valence-corrected chi connectivity index (χ1v) is 8.36. The molecule has 1 saturated heterocycles. The van der Waals surface area contributed by atoms with Gasteiger partial charge >= 0.3 is 0 Å². The Morgan fingerprint density at radius 3 is 2.77 bits per heavy atom. The summed E-state index contributed by atoms with van der Waals surface area (Å²) < 4.78 is 16.3. The number of nitrogens with two attached hydrogens (primary N) is 1. The van der Waals surface area contributed by atoms with E-state index in [1.807, 2.05) is 13.0 Å². The highest BCUT2D eigenvalue weighted by Gasteiger charge is 2.13. The van der Waals surface area contributed by atoms with Crippen LogP contribution in [0.15, 0.2) is 18.2 Å². The predicted molar refractivity (Wildman–Crippen MR) is 85.7 cm³/mol. The Morgan fingerprint density at radius 2 is 2.05 bits per heavy atom. The minimum atomic E-state index is 0.658. The number of ether oxygens (including phenoxy) is 3. The SMILES string of the molecule is CCOc1ccc(C[NH2+]CCC[NH+]2CCOCC2)cc1OC. The van der Waals surface area contributed by atoms with E-state index in [-0.39, 0.29) is 0 Å². The molecule has 0 unspecified atom stereocenters. The summed E-state index contributed by atoms with van der Waals surface area (Å²) in [5, 5.41) is 2.37. The van der Waals surface area contributed by atoms with Crippen molar-refractivity contribution in [2.75, 3.05) is 53.1 Å². The molecular formula is C17H30N2O3+2. The number of benzene rings is 1. The van der Waals surface area contributed by atoms with E-state index in [1.54, 1.807) is 12.0 Å². The normalized spacial score (nSPS) is 15.7. The third-order valence-corrected chi connectivity index (χ3v) is 4.05. The van der Waals surface area contributed by atoms with Gasteiger partial charge in [-0.05, 0) is 25.1 Å². The molecule has 2 rings (SSSR count). The van der Waals surface area contributed by atoms with Crippen LogP contribution in [0.5, 0.6) is 11.5 Å². The van der Waals surface area contributed by atoms with Gasteiger partial charge in [0.1, 0.15) is 19.6 Å². The molecule has 1 aliphatic rings. The fourth-order valence-corrected chi connectivity index (χ4v) is 2.79. The van der Waals surface area contributed by atoms with E-state index in [0.717, 1.165) is 44.3 Å². The molecule has 5 nitrogen and oxygen atoms in total. The molecule has 0 radical (unpaired) electrons. The van der Waals surface area contributed by atoms with Crippen LogP contribution in [0.4, 0.5) is 0 Å². The molecule has 22 heavy (non-hydrogen) atoms. The molecule has 124 valence electrons. The smallest absolute Gasteiger partial charge is 0.161 e. The van der Waals surface area contributed by atoms with Crippen LogP contribution in [0.2, 0.25) is 0 Å². The maximum Gasteiger partial charge on any atom is 0.161 e. The molecular weight excluding hydrogens is 280 g/mol. The van der Waals surface area contributed by atoms with Gasteiger partial charge in [0.05, 0.1) is 40.0 Å². The summed E-state index contributed by atoms with van der Waals surface area (Å²) in [7, 11) is 1.69. The van der Waals surface area contributed by atoms with E-state index in [1.165, 1.54) is 25.1 Å². The number of hydrogen-bond donors (Lipinski definition) is 2. The number of rotatable bonds is 9. The quantitative estimate of drug-likeness (QED) is 0.603. The third kappa shape index (κ3) is 5.48. The van der Waals surface area contributed by atoms with Crippen molar-refractivity contribution in [2.24, 2.45) is 0 Å². The average Bonchev–Trinajstić information content (AvgIpc) is 2.57. The summed E-state index contributed by atoms with van der Waals surface area (Å²) in [5.41, 5.74) is 1.28. The lowest BCUT2D eigenvalue weighted by molar-refractivity contribution is -0.909. The molecule has 1 aliphatic heterocycles. The summed E-state index contributed by atoms with van der Waals surface area (Å²) >= 11 is 0. The van der Waals surface area contributed by atoms with Crippen molar-refractivity contribution in [3.8, 4) is 11.5 Å². The largest absolute Gasteiger partial charge is 0.493 e. The minimum absolute atomic E-state index is 0.658. The topological polar surface area (TPSA) is 48.7 Å². The first kappa shape index (κ1) is 17.1. The Hall–Kier alpha value is -1.30. The van der Waals surface area contributed by atoms with Gasteiger partial charge in [0.2, 0.25) is 0 Å². The van der Waals surface area contributed by atoms with Crippen LogP contribution < -0.4 is 19.7 Å². The lowest BCUT2D eigenvalue weighted by Crippen LogP contribution is -3.14. The van der Waals surface area contributed by atoms with Crippen LogP contribution >= 0.6 is 0 Å². The molecule has 5 heteroatoms. The van der Waals surface area contributed by atoms with Crippen molar-refractivity contribution in [2.45, 2.75) is 19.9 Å². The Balaban J connectivity index is 1.67. The first-order chi connectivity index (χ1) is 10.8. The lowest BCUT2D eigenvalue weighted by Gasteiger charge is -2.23. The van der Waals surface area contributed by atoms with E-state index < -0.39 is 0 Å². The minimum Gasteiger partial charge on any atom is -0.493 e. The second-order valence-electron chi connectivity index (χ2n) is 5.67. The van der Waals surface area contributed by atoms with Crippen molar-refractivity contribution < 1.29 is 24.4 Å². The number of quaternary nitrogens is 2. The molecule has 1 fully saturated rings. The summed E-state index contributed by atoms with van der Waals surface area (Å²) in [5.74, 6) is 1.65. The van der Waals surface area contributed by atoms with Gasteiger partial charge in [0, 0.05) is 12.0 Å². The summed E-state index contributed by atoms with van der Waals surface area (Å²) in [4.78, 5) is 1.68. The number of morpholine rings is 1. The van der Waals surface area contributed by atoms with Crippen molar-refractivity contribution >= 4 is 0 Å². The third-order valence-electron chi connectivity index (χ3n) is 4.05. The second-order valence-corrected chi connectivity index (χ2v) is 5.67. The first-order valence-electron chi connectivity index (χ1n) is 8.36. The molecule has 0 aromatic heterocycles. The molecule has 0 bridgehead atoms. The van der Waals surface area contributed by atoms with Gasteiger partial charge in [-0.15, -0.1) is 0 Å². The van der Waals surface area contributed by atoms with Crippen LogP contribution in [-0.4, -0.2) is 53.1 Å². The van der Waals surface area contributed by atoms with Crippen molar-refractivity contribution in [3.05, 3.63) is 23.8 Å². The Bertz CT molecular complexity index is 434. The van der Waals surface area contributed by atoms with Crippen molar-refractivity contribution in [3.63, 3.8) is 0 Å². The van der Waals surface area contributed by atoms with Gasteiger partial charge in [-0.25, -0.2) is 0 Å². The zero-order valence-electron chi connectivity index (χ0n) is 13.9. The van der Waals surface area contributed by atoms with Crippen LogP contribution in [-0.2, 0) is 11.3 Å². The molecule has 0 atom stereocenters. The maximum absolute atomic E-state index is 5.54. The molecule has 0 spiro atoms. The number of nitrogens with one attached hydrogen (secondary N) is 1. The van der Waals surface area contributed by atoms with Gasteiger partial charge in [0.25, 0.3) is 0 Å². The average molecular weight is 310 g/mol. The van der Waals surface area contributed by atoms with E-state index in [2.05, 4.69) is 17.4 Å². The standard InChI is InChI=1S/C17H28N2O3/c1-3-22-16-6-5-15(13-17(16)20-2)14-18-7-4-8-19-9-11-21-12-10-19/h5-6,13,18H,3-4,7-12,14H2,1-2H3/p+2. The van der Waals surface area contributed by atoms with Crippen LogP contribution in [0.25, 0.3) is 0 Å². The zero-order chi connectivity index (χ0) is 15.6. The van der Waals surface area contributed by atoms with Gasteiger partial charge in [0.15, 0.2) is 11.5 Å². The Morgan fingerprint density at radius 1 is 1.23 bits per heavy atom. The summed E-state index contributed by atoms with van der Waals surface area (Å²) in [6.07, 6.45) is 1.25. The van der Waals surface area contributed by atoms with Gasteiger partial charge in [-0.2, -0.15) is 0 Å². The monoisotopic (exact) mass is 310 g/mol. The Kier molecular flexibility index (Phi) is 7.49. The van der Waals surface area contributed by atoms with Crippen LogP contribution in [0, 0.1) is 0 Å². The molecule has 0 amide bonds. The molecule has 1 aromatic carbocycles. The molecule has 1 heterocycles. The molecule has 0 saturated carbocycles. The maximum atomic E-state index is 5.54. The van der Waals surface area contributed by atoms with Gasteiger partial charge in [-0.3, -0.25) is 0 Å². The zero-order valence-corrected chi connectivity index (χ0v) is 13.9. The summed E-state index contributed by atoms with van der Waals surface area (Å²) in [6.45, 7) is 10.2. The fraction of sp³-hybridized carbons (Fsp3) is 0.647. The lowest BCUT2D eigenvalue weighted by atomic mass is 10.2. The van der Waals surface area contributed by atoms with Gasteiger partial charge in [-0.1, -0.05) is 0 Å². The van der Waals surface area contributed by atoms with E-state index >= 15 is 0 Å². The van der Waals surface area contributed by atoms with Crippen molar-refractivity contribution in [1.82, 2.24) is 0 Å². The van der Waals surface area contributed by atoms with E-state index in [9.17, 15) is 0 Å². The highest BCUT2D eigenvalue weighted by Crippen LogP contribution is 2.27. The molecule has 1 aromatic rings. The molecule has 0 aliphatic carbocycles. The van der Waals surface area contributed by atoms with Crippen molar-refractivity contribution in [1.29, 1.82) is 0 Å². The second kappa shape index (κ2) is 9.66. The highest BCUT2D eigenvalue weighted by atomic mass is 16.5. The Labute approximate surface area is 133 Å².